The maximum atomic E-state index is 11.5. The maximum Gasteiger partial charge on any atom is 1.00 e. The van der Waals surface area contributed by atoms with Gasteiger partial charge in [0.15, 0.2) is 0 Å². The summed E-state index contributed by atoms with van der Waals surface area (Å²) < 4.78 is 58.7. The van der Waals surface area contributed by atoms with E-state index >= 15 is 0 Å². The first-order chi connectivity index (χ1) is 5.31. The molecule has 0 aliphatic rings. The molecule has 3 nitrogen and oxygen atoms in total. The predicted octanol–water partition coefficient (Wildman–Crippen LogP) is -1.23. The van der Waals surface area contributed by atoms with Crippen molar-refractivity contribution in [1.29, 1.82) is 0 Å². The summed E-state index contributed by atoms with van der Waals surface area (Å²) in [5.41, 5.74) is -5.30. The first-order valence-electron chi connectivity index (χ1n) is 3.27. The van der Waals surface area contributed by atoms with Crippen LogP contribution in [0.25, 0.3) is 0 Å². The topological polar surface area (TPSA) is 43.4 Å². The van der Waals surface area contributed by atoms with Crippen molar-refractivity contribution in [3.05, 3.63) is 0 Å². The van der Waals surface area contributed by atoms with E-state index in [1.165, 1.54) is 0 Å². The number of hydrogen-bond acceptors (Lipinski definition) is 3. The molecule has 0 rings (SSSR count). The fraction of sp³-hybridized carbons (Fsp3) is 1.00. The van der Waals surface area contributed by atoms with E-state index in [1.54, 1.807) is 6.92 Å². The molecule has 76 valence electrons. The standard InChI is InChI=1S/C5H9F3O3S.Na.H/c1-2-3-4-11-12(9,10)5(6,7)8;;/h2-4H2,1H3;;/q;+1;-1. The molecule has 0 unspecified atom stereocenters. The van der Waals surface area contributed by atoms with Gasteiger partial charge in [0.2, 0.25) is 0 Å². The molecule has 0 saturated carbocycles. The Morgan fingerprint density at radius 2 is 1.85 bits per heavy atom. The minimum Gasteiger partial charge on any atom is -1.00 e. The van der Waals surface area contributed by atoms with Gasteiger partial charge in [0.25, 0.3) is 0 Å². The zero-order valence-electron chi connectivity index (χ0n) is 8.39. The van der Waals surface area contributed by atoms with Crippen molar-refractivity contribution >= 4 is 10.1 Å². The van der Waals surface area contributed by atoms with Crippen LogP contribution in [0.4, 0.5) is 13.2 Å². The molecular formula is C5H10F3NaO3S. The Labute approximate surface area is 98.5 Å². The molecule has 0 atom stereocenters. The second-order valence-corrected chi connectivity index (χ2v) is 3.68. The molecule has 8 heteroatoms. The third-order valence-corrected chi connectivity index (χ3v) is 2.06. The number of rotatable bonds is 4. The minimum absolute atomic E-state index is 0. The Balaban J connectivity index is -0.000000605. The molecule has 0 aromatic rings. The van der Waals surface area contributed by atoms with Crippen LogP contribution >= 0.6 is 0 Å². The van der Waals surface area contributed by atoms with Crippen molar-refractivity contribution in [1.82, 2.24) is 0 Å². The Kier molecular flexibility index (Phi) is 7.74. The number of halogens is 3. The van der Waals surface area contributed by atoms with Gasteiger partial charge in [-0.3, -0.25) is 4.18 Å². The summed E-state index contributed by atoms with van der Waals surface area (Å²) in [4.78, 5) is 0. The van der Waals surface area contributed by atoms with Crippen LogP contribution in [0.15, 0.2) is 0 Å². The molecule has 0 aromatic carbocycles. The smallest absolute Gasteiger partial charge is 1.00 e. The van der Waals surface area contributed by atoms with Gasteiger partial charge < -0.3 is 1.43 Å². The van der Waals surface area contributed by atoms with E-state index in [0.29, 0.717) is 6.42 Å². The molecule has 0 bridgehead atoms. The van der Waals surface area contributed by atoms with E-state index in [0.717, 1.165) is 0 Å². The molecule has 0 aliphatic heterocycles. The molecule has 0 radical (unpaired) electrons. The van der Waals surface area contributed by atoms with Crippen LogP contribution in [-0.4, -0.2) is 20.5 Å². The van der Waals surface area contributed by atoms with E-state index in [1.807, 2.05) is 0 Å². The SMILES string of the molecule is CCCCOS(=O)(=O)C(F)(F)F.[H-].[Na+]. The van der Waals surface area contributed by atoms with E-state index in [4.69, 9.17) is 0 Å². The van der Waals surface area contributed by atoms with Crippen molar-refractivity contribution in [2.24, 2.45) is 0 Å². The zero-order valence-corrected chi connectivity index (χ0v) is 10.2. The second kappa shape index (κ2) is 6.23. The zero-order chi connectivity index (χ0) is 9.83. The predicted molar refractivity (Wildman–Crippen MR) is 36.9 cm³/mol. The molecule has 0 N–H and O–H groups in total. The van der Waals surface area contributed by atoms with Crippen LogP contribution in [-0.2, 0) is 14.3 Å². The second-order valence-electron chi connectivity index (χ2n) is 2.08. The Hall–Kier alpha value is 0.700. The van der Waals surface area contributed by atoms with Gasteiger partial charge in [-0.05, 0) is 6.42 Å². The average Bonchev–Trinajstić information content (AvgIpc) is 1.85. The van der Waals surface area contributed by atoms with Gasteiger partial charge in [0.05, 0.1) is 6.61 Å². The van der Waals surface area contributed by atoms with Gasteiger partial charge >= 0.3 is 45.2 Å². The van der Waals surface area contributed by atoms with Crippen LogP contribution in [0.5, 0.6) is 0 Å². The van der Waals surface area contributed by atoms with Crippen LogP contribution < -0.4 is 29.6 Å². The molecule has 0 saturated heterocycles. The van der Waals surface area contributed by atoms with E-state index in [-0.39, 0.29) is 37.4 Å². The van der Waals surface area contributed by atoms with Gasteiger partial charge in [-0.1, -0.05) is 13.3 Å². The quantitative estimate of drug-likeness (QED) is 0.263. The summed E-state index contributed by atoms with van der Waals surface area (Å²) in [6.07, 6.45) is 0.864. The fourth-order valence-electron chi connectivity index (χ4n) is 0.380. The van der Waals surface area contributed by atoms with Gasteiger partial charge in [0.1, 0.15) is 0 Å². The Morgan fingerprint density at radius 1 is 1.38 bits per heavy atom. The first kappa shape index (κ1) is 16.1. The summed E-state index contributed by atoms with van der Waals surface area (Å²) in [5.74, 6) is 0. The third-order valence-electron chi connectivity index (χ3n) is 1.02. The first-order valence-corrected chi connectivity index (χ1v) is 4.68. The Bertz CT molecular complexity index is 229. The average molecular weight is 230 g/mol. The van der Waals surface area contributed by atoms with Crippen molar-refractivity contribution in [2.45, 2.75) is 25.3 Å². The fourth-order valence-corrected chi connectivity index (χ4v) is 0.851. The number of alkyl halides is 3. The molecule has 0 spiro atoms. The molecule has 0 heterocycles. The minimum atomic E-state index is -5.37. The molecule has 0 aliphatic carbocycles. The van der Waals surface area contributed by atoms with E-state index in [9.17, 15) is 21.6 Å². The maximum absolute atomic E-state index is 11.5. The largest absolute Gasteiger partial charge is 1.00 e. The number of hydrogen-bond donors (Lipinski definition) is 0. The molecule has 0 aromatic heterocycles. The van der Waals surface area contributed by atoms with Crippen molar-refractivity contribution in [3.8, 4) is 0 Å². The third kappa shape index (κ3) is 5.90. The summed E-state index contributed by atoms with van der Waals surface area (Å²) in [6.45, 7) is 1.29. The van der Waals surface area contributed by atoms with Gasteiger partial charge in [-0.25, -0.2) is 0 Å². The van der Waals surface area contributed by atoms with Crippen LogP contribution in [0, 0.1) is 0 Å². The van der Waals surface area contributed by atoms with Crippen molar-refractivity contribution in [3.63, 3.8) is 0 Å². The van der Waals surface area contributed by atoms with Gasteiger partial charge in [-0.15, -0.1) is 0 Å². The normalized spacial score (nSPS) is 12.3. The van der Waals surface area contributed by atoms with Crippen LogP contribution in [0.1, 0.15) is 21.2 Å². The van der Waals surface area contributed by atoms with Crippen LogP contribution in [0.3, 0.4) is 0 Å². The summed E-state index contributed by atoms with van der Waals surface area (Å²) in [5, 5.41) is 0. The number of unbranched alkanes of at least 4 members (excludes halogenated alkanes) is 1. The monoisotopic (exact) mass is 230 g/mol. The summed E-state index contributed by atoms with van der Waals surface area (Å²) in [6, 6.07) is 0. The molecule has 0 fully saturated rings. The van der Waals surface area contributed by atoms with Gasteiger partial charge in [0, 0.05) is 0 Å². The molecule has 0 amide bonds. The van der Waals surface area contributed by atoms with E-state index < -0.39 is 22.2 Å². The summed E-state index contributed by atoms with van der Waals surface area (Å²) >= 11 is 0. The van der Waals surface area contributed by atoms with Gasteiger partial charge in [-0.2, -0.15) is 21.6 Å². The summed E-state index contributed by atoms with van der Waals surface area (Å²) in [7, 11) is -5.37. The Morgan fingerprint density at radius 3 is 2.15 bits per heavy atom. The molecular weight excluding hydrogens is 220 g/mol. The van der Waals surface area contributed by atoms with Crippen molar-refractivity contribution in [2.75, 3.05) is 6.61 Å². The van der Waals surface area contributed by atoms with Crippen LogP contribution in [0.2, 0.25) is 0 Å². The van der Waals surface area contributed by atoms with E-state index in [2.05, 4.69) is 4.18 Å². The molecule has 13 heavy (non-hydrogen) atoms. The van der Waals surface area contributed by atoms with Crippen molar-refractivity contribution < 1.29 is 56.8 Å².